The van der Waals surface area contributed by atoms with Crippen molar-refractivity contribution in [2.24, 2.45) is 5.92 Å². The van der Waals surface area contributed by atoms with Gasteiger partial charge in [0.1, 0.15) is 0 Å². The Hall–Kier alpha value is -0.960. The number of unbranched alkanes of at least 4 members (excludes halogenated alkanes) is 11. The van der Waals surface area contributed by atoms with Crippen LogP contribution in [0.5, 0.6) is 0 Å². The molecule has 0 aromatic heterocycles. The molecule has 1 rings (SSSR count). The van der Waals surface area contributed by atoms with Crippen molar-refractivity contribution in [1.82, 2.24) is 0 Å². The van der Waals surface area contributed by atoms with Crippen LogP contribution in [0.3, 0.4) is 0 Å². The van der Waals surface area contributed by atoms with Crippen molar-refractivity contribution in [1.29, 1.82) is 0 Å². The third kappa shape index (κ3) is 13.8. The third-order valence-electron chi connectivity index (χ3n) is 5.11. The first-order valence-corrected chi connectivity index (χ1v) is 11.6. The lowest BCUT2D eigenvalue weighted by Gasteiger charge is -2.07. The lowest BCUT2D eigenvalue weighted by Crippen LogP contribution is -2.11. The van der Waals surface area contributed by atoms with Gasteiger partial charge in [0.15, 0.2) is 0 Å². The van der Waals surface area contributed by atoms with E-state index in [1.54, 1.807) is 0 Å². The van der Waals surface area contributed by atoms with E-state index in [0.717, 1.165) is 29.3 Å². The van der Waals surface area contributed by atoms with Crippen LogP contribution in [0.25, 0.3) is 0 Å². The summed E-state index contributed by atoms with van der Waals surface area (Å²) in [6.45, 7) is 4.63. The molecule has 2 nitrogen and oxygen atoms in total. The number of para-hydroxylation sites is 1. The van der Waals surface area contributed by atoms with Crippen LogP contribution in [-0.4, -0.2) is 5.91 Å². The maximum absolute atomic E-state index is 12.0. The summed E-state index contributed by atoms with van der Waals surface area (Å²) in [4.78, 5) is 12.8. The molecular formula is C24H41NOS. The third-order valence-corrected chi connectivity index (χ3v) is 5.50. The second kappa shape index (κ2) is 16.0. The van der Waals surface area contributed by atoms with Crippen LogP contribution in [0.2, 0.25) is 0 Å². The van der Waals surface area contributed by atoms with Crippen LogP contribution in [0.15, 0.2) is 29.2 Å². The van der Waals surface area contributed by atoms with E-state index in [2.05, 4.69) is 31.8 Å². The molecule has 0 aliphatic rings. The summed E-state index contributed by atoms with van der Waals surface area (Å²) >= 11 is 4.36. The highest BCUT2D eigenvalue weighted by Gasteiger charge is 2.04. The minimum absolute atomic E-state index is 0.102. The first-order valence-electron chi connectivity index (χ1n) is 11.2. The highest BCUT2D eigenvalue weighted by molar-refractivity contribution is 7.80. The van der Waals surface area contributed by atoms with Gasteiger partial charge in [0.25, 0.3) is 0 Å². The predicted octanol–water partition coefficient (Wildman–Crippen LogP) is 8.03. The lowest BCUT2D eigenvalue weighted by atomic mass is 10.0. The van der Waals surface area contributed by atoms with Gasteiger partial charge in [0, 0.05) is 11.3 Å². The summed E-state index contributed by atoms with van der Waals surface area (Å²) in [6, 6.07) is 7.63. The average Bonchev–Trinajstić information content (AvgIpc) is 2.63. The van der Waals surface area contributed by atoms with Gasteiger partial charge in [0.05, 0.1) is 5.69 Å². The molecule has 0 saturated carbocycles. The van der Waals surface area contributed by atoms with Gasteiger partial charge in [-0.25, -0.2) is 0 Å². The number of carbonyl (C=O) groups is 1. The zero-order chi connectivity index (χ0) is 19.7. The Morgan fingerprint density at radius 1 is 0.815 bits per heavy atom. The maximum Gasteiger partial charge on any atom is 0.224 e. The zero-order valence-electron chi connectivity index (χ0n) is 17.6. The number of rotatable bonds is 16. The van der Waals surface area contributed by atoms with E-state index in [0.29, 0.717) is 6.42 Å². The van der Waals surface area contributed by atoms with Crippen molar-refractivity contribution >= 4 is 24.2 Å². The largest absolute Gasteiger partial charge is 0.325 e. The van der Waals surface area contributed by atoms with Crippen LogP contribution in [0.4, 0.5) is 5.69 Å². The van der Waals surface area contributed by atoms with E-state index in [-0.39, 0.29) is 5.91 Å². The number of amides is 1. The highest BCUT2D eigenvalue weighted by Crippen LogP contribution is 2.19. The molecular weight excluding hydrogens is 350 g/mol. The first kappa shape index (κ1) is 24.1. The summed E-state index contributed by atoms with van der Waals surface area (Å²) in [5.41, 5.74) is 0.811. The predicted molar refractivity (Wildman–Crippen MR) is 122 cm³/mol. The van der Waals surface area contributed by atoms with Crippen molar-refractivity contribution in [2.75, 3.05) is 5.32 Å². The fourth-order valence-electron chi connectivity index (χ4n) is 3.40. The fourth-order valence-corrected chi connectivity index (χ4v) is 3.61. The smallest absolute Gasteiger partial charge is 0.224 e. The summed E-state index contributed by atoms with van der Waals surface area (Å²) in [5.74, 6) is 0.967. The molecule has 1 N–H and O–H groups in total. The number of benzene rings is 1. The highest BCUT2D eigenvalue weighted by atomic mass is 32.1. The minimum atomic E-state index is 0.102. The molecule has 0 aliphatic heterocycles. The standard InChI is InChI=1S/C24H41NOS/c1-21(2)17-13-11-9-7-5-3-4-6-8-10-12-14-20-24(26)25-22-18-15-16-19-23(22)27/h15-16,18-19,21,27H,3-14,17,20H2,1-2H3,(H,25,26). The first-order chi connectivity index (χ1) is 13.1. The number of hydrogen-bond acceptors (Lipinski definition) is 2. The molecule has 0 heterocycles. The number of hydrogen-bond donors (Lipinski definition) is 2. The molecule has 0 saturated heterocycles. The minimum Gasteiger partial charge on any atom is -0.325 e. The number of anilines is 1. The van der Waals surface area contributed by atoms with Gasteiger partial charge in [-0.2, -0.15) is 0 Å². The van der Waals surface area contributed by atoms with Gasteiger partial charge in [0.2, 0.25) is 5.91 Å². The molecule has 0 bridgehead atoms. The monoisotopic (exact) mass is 391 g/mol. The van der Waals surface area contributed by atoms with Gasteiger partial charge in [-0.15, -0.1) is 12.6 Å². The molecule has 0 fully saturated rings. The van der Waals surface area contributed by atoms with Crippen LogP contribution < -0.4 is 5.32 Å². The zero-order valence-corrected chi connectivity index (χ0v) is 18.5. The maximum atomic E-state index is 12.0. The fraction of sp³-hybridized carbons (Fsp3) is 0.708. The lowest BCUT2D eigenvalue weighted by molar-refractivity contribution is -0.116. The molecule has 0 aliphatic carbocycles. The van der Waals surface area contributed by atoms with Crippen molar-refractivity contribution < 1.29 is 4.79 Å². The van der Waals surface area contributed by atoms with Gasteiger partial charge in [-0.05, 0) is 24.5 Å². The van der Waals surface area contributed by atoms with Gasteiger partial charge in [-0.3, -0.25) is 4.79 Å². The quantitative estimate of drug-likeness (QED) is 0.217. The van der Waals surface area contributed by atoms with Crippen LogP contribution >= 0.6 is 12.6 Å². The van der Waals surface area contributed by atoms with Crippen molar-refractivity contribution in [2.45, 2.75) is 109 Å². The van der Waals surface area contributed by atoms with Gasteiger partial charge in [-0.1, -0.05) is 103 Å². The number of carbonyl (C=O) groups excluding carboxylic acids is 1. The molecule has 154 valence electrons. The van der Waals surface area contributed by atoms with Gasteiger partial charge >= 0.3 is 0 Å². The Bertz CT molecular complexity index is 501. The molecule has 27 heavy (non-hydrogen) atoms. The van der Waals surface area contributed by atoms with E-state index in [4.69, 9.17) is 0 Å². The Kier molecular flexibility index (Phi) is 14.3. The average molecular weight is 392 g/mol. The molecule has 1 amide bonds. The Morgan fingerprint density at radius 2 is 1.30 bits per heavy atom. The summed E-state index contributed by atoms with van der Waals surface area (Å²) < 4.78 is 0. The van der Waals surface area contributed by atoms with E-state index < -0.39 is 0 Å². The molecule has 0 atom stereocenters. The SMILES string of the molecule is CC(C)CCCCCCCCCCCCCCC(=O)Nc1ccccc1S. The second-order valence-electron chi connectivity index (χ2n) is 8.24. The van der Waals surface area contributed by atoms with Crippen molar-refractivity contribution in [3.63, 3.8) is 0 Å². The van der Waals surface area contributed by atoms with Crippen molar-refractivity contribution in [3.8, 4) is 0 Å². The van der Waals surface area contributed by atoms with E-state index in [1.807, 2.05) is 24.3 Å². The molecule has 0 spiro atoms. The molecule has 0 radical (unpaired) electrons. The summed E-state index contributed by atoms with van der Waals surface area (Å²) in [7, 11) is 0. The van der Waals surface area contributed by atoms with E-state index in [9.17, 15) is 4.79 Å². The molecule has 3 heteroatoms. The Balaban J connectivity index is 1.84. The van der Waals surface area contributed by atoms with E-state index in [1.165, 1.54) is 70.6 Å². The topological polar surface area (TPSA) is 29.1 Å². The normalized spacial score (nSPS) is 11.1. The van der Waals surface area contributed by atoms with E-state index >= 15 is 0 Å². The van der Waals surface area contributed by atoms with Crippen LogP contribution in [0, 0.1) is 5.92 Å². The van der Waals surface area contributed by atoms with Crippen LogP contribution in [0.1, 0.15) is 104 Å². The molecule has 1 aromatic rings. The van der Waals surface area contributed by atoms with Crippen molar-refractivity contribution in [3.05, 3.63) is 24.3 Å². The number of thiol groups is 1. The molecule has 0 unspecified atom stereocenters. The molecule has 1 aromatic carbocycles. The number of nitrogens with one attached hydrogen (secondary N) is 1. The summed E-state index contributed by atoms with van der Waals surface area (Å²) in [5, 5.41) is 2.94. The van der Waals surface area contributed by atoms with Gasteiger partial charge < -0.3 is 5.32 Å². The Labute approximate surface area is 173 Å². The summed E-state index contributed by atoms with van der Waals surface area (Å²) in [6.07, 6.45) is 17.9. The van der Waals surface area contributed by atoms with Crippen LogP contribution in [-0.2, 0) is 4.79 Å². The second-order valence-corrected chi connectivity index (χ2v) is 8.72. The Morgan fingerprint density at radius 3 is 1.81 bits per heavy atom.